The van der Waals surface area contributed by atoms with Gasteiger partial charge >= 0.3 is 0 Å². The van der Waals surface area contributed by atoms with Gasteiger partial charge < -0.3 is 0 Å². The summed E-state index contributed by atoms with van der Waals surface area (Å²) in [6, 6.07) is 0. The second-order valence-electron chi connectivity index (χ2n) is 7.07. The van der Waals surface area contributed by atoms with Crippen molar-refractivity contribution in [1.82, 2.24) is 0 Å². The fourth-order valence-corrected chi connectivity index (χ4v) is 5.08. The summed E-state index contributed by atoms with van der Waals surface area (Å²) >= 11 is 3.85. The molecule has 0 bridgehead atoms. The van der Waals surface area contributed by atoms with E-state index in [1.54, 1.807) is 0 Å². The minimum Gasteiger partial charge on any atom is -0.0922 e. The smallest absolute Gasteiger partial charge is 0.00880 e. The van der Waals surface area contributed by atoms with Crippen molar-refractivity contribution in [3.63, 3.8) is 0 Å². The summed E-state index contributed by atoms with van der Waals surface area (Å²) in [6.45, 7) is 2.33. The van der Waals surface area contributed by atoms with Gasteiger partial charge in [-0.2, -0.15) is 0 Å². The highest BCUT2D eigenvalue weighted by Gasteiger charge is 2.36. The lowest BCUT2D eigenvalue weighted by atomic mass is 9.66. The van der Waals surface area contributed by atoms with Crippen LogP contribution in [0.4, 0.5) is 0 Å². The zero-order chi connectivity index (χ0) is 12.8. The molecule has 2 aliphatic carbocycles. The van der Waals surface area contributed by atoms with Crippen LogP contribution in [0.2, 0.25) is 0 Å². The van der Waals surface area contributed by atoms with Gasteiger partial charge in [0.1, 0.15) is 0 Å². The van der Waals surface area contributed by atoms with Gasteiger partial charge in [-0.3, -0.25) is 0 Å². The van der Waals surface area contributed by atoms with E-state index in [1.807, 2.05) is 0 Å². The van der Waals surface area contributed by atoms with E-state index in [0.29, 0.717) is 5.41 Å². The molecule has 0 N–H and O–H groups in total. The maximum atomic E-state index is 3.85. The number of hydrogen-bond donors (Lipinski definition) is 0. The Morgan fingerprint density at radius 1 is 1.00 bits per heavy atom. The van der Waals surface area contributed by atoms with Gasteiger partial charge in [0.15, 0.2) is 0 Å². The van der Waals surface area contributed by atoms with Gasteiger partial charge in [0.05, 0.1) is 0 Å². The Balaban J connectivity index is 1.79. The topological polar surface area (TPSA) is 0 Å². The van der Waals surface area contributed by atoms with Crippen LogP contribution < -0.4 is 0 Å². The summed E-state index contributed by atoms with van der Waals surface area (Å²) in [4.78, 5) is 0. The maximum absolute atomic E-state index is 3.85. The Kier molecular flexibility index (Phi) is 6.04. The zero-order valence-electron chi connectivity index (χ0n) is 12.2. The summed E-state index contributed by atoms with van der Waals surface area (Å²) in [5.41, 5.74) is 0.678. The van der Waals surface area contributed by atoms with Crippen LogP contribution in [0.3, 0.4) is 0 Å². The van der Waals surface area contributed by atoms with Crippen molar-refractivity contribution in [3.05, 3.63) is 0 Å². The third-order valence-corrected chi connectivity index (χ3v) is 6.80. The first kappa shape index (κ1) is 14.9. The molecule has 0 spiro atoms. The van der Waals surface area contributed by atoms with Crippen LogP contribution in [0, 0.1) is 17.3 Å². The van der Waals surface area contributed by atoms with Crippen molar-refractivity contribution in [1.29, 1.82) is 0 Å². The van der Waals surface area contributed by atoms with E-state index in [0.717, 1.165) is 11.8 Å². The van der Waals surface area contributed by atoms with Gasteiger partial charge in [-0.05, 0) is 49.4 Å². The molecule has 1 heteroatoms. The second-order valence-corrected chi connectivity index (χ2v) is 7.63. The number of hydrogen-bond acceptors (Lipinski definition) is 0. The lowest BCUT2D eigenvalue weighted by Crippen LogP contribution is -2.31. The molecule has 2 aliphatic rings. The second kappa shape index (κ2) is 7.31. The monoisotopic (exact) mass is 314 g/mol. The molecule has 0 aliphatic heterocycles. The van der Waals surface area contributed by atoms with E-state index >= 15 is 0 Å². The Hall–Kier alpha value is 0.480. The van der Waals surface area contributed by atoms with Gasteiger partial charge in [0, 0.05) is 5.33 Å². The fraction of sp³-hybridized carbons (Fsp3) is 1.00. The summed E-state index contributed by atoms with van der Waals surface area (Å²) in [7, 11) is 0. The lowest BCUT2D eigenvalue weighted by molar-refractivity contribution is 0.134. The molecule has 0 aromatic heterocycles. The molecular formula is C17H31Br. The first-order valence-corrected chi connectivity index (χ1v) is 9.46. The third kappa shape index (κ3) is 3.99. The average Bonchev–Trinajstić information content (AvgIpc) is 2.91. The van der Waals surface area contributed by atoms with E-state index < -0.39 is 0 Å². The number of alkyl halides is 1. The SMILES string of the molecule is CCCCC1CCC(CBr)(CC2CCCC2)CC1. The molecule has 0 radical (unpaired) electrons. The van der Waals surface area contributed by atoms with Gasteiger partial charge in [0.25, 0.3) is 0 Å². The summed E-state index contributed by atoms with van der Waals surface area (Å²) < 4.78 is 0. The lowest BCUT2D eigenvalue weighted by Gasteiger charge is -2.41. The predicted octanol–water partition coefficient (Wildman–Crippen LogP) is 6.33. The predicted molar refractivity (Wildman–Crippen MR) is 84.3 cm³/mol. The van der Waals surface area contributed by atoms with Gasteiger partial charge in [-0.15, -0.1) is 0 Å². The summed E-state index contributed by atoms with van der Waals surface area (Å²) in [5.74, 6) is 2.12. The molecule has 0 aromatic rings. The first-order chi connectivity index (χ1) is 8.78. The fourth-order valence-electron chi connectivity index (χ4n) is 4.29. The molecule has 0 saturated heterocycles. The van der Waals surface area contributed by atoms with E-state index in [9.17, 15) is 0 Å². The highest BCUT2D eigenvalue weighted by atomic mass is 79.9. The highest BCUT2D eigenvalue weighted by Crippen LogP contribution is 2.48. The Labute approximate surface area is 122 Å². The van der Waals surface area contributed by atoms with E-state index in [1.165, 1.54) is 82.4 Å². The maximum Gasteiger partial charge on any atom is 0.00880 e. The molecule has 0 aromatic carbocycles. The quantitative estimate of drug-likeness (QED) is 0.502. The van der Waals surface area contributed by atoms with Crippen LogP contribution >= 0.6 is 15.9 Å². The van der Waals surface area contributed by atoms with Crippen LogP contribution in [-0.2, 0) is 0 Å². The molecule has 2 saturated carbocycles. The van der Waals surface area contributed by atoms with Crippen LogP contribution in [-0.4, -0.2) is 5.33 Å². The number of halogens is 1. The average molecular weight is 315 g/mol. The number of rotatable bonds is 6. The molecule has 0 amide bonds. The molecule has 0 nitrogen and oxygen atoms in total. The minimum absolute atomic E-state index is 0.678. The number of unbranched alkanes of at least 4 members (excludes halogenated alkanes) is 1. The molecule has 106 valence electrons. The van der Waals surface area contributed by atoms with Crippen molar-refractivity contribution in [3.8, 4) is 0 Å². The Bertz CT molecular complexity index is 222. The van der Waals surface area contributed by atoms with Crippen molar-refractivity contribution in [2.45, 2.75) is 84.0 Å². The van der Waals surface area contributed by atoms with Gasteiger partial charge in [-0.25, -0.2) is 0 Å². The molecule has 0 atom stereocenters. The minimum atomic E-state index is 0.678. The van der Waals surface area contributed by atoms with Crippen molar-refractivity contribution < 1.29 is 0 Å². The van der Waals surface area contributed by atoms with Crippen LogP contribution in [0.15, 0.2) is 0 Å². The molecular weight excluding hydrogens is 284 g/mol. The van der Waals surface area contributed by atoms with E-state index in [-0.39, 0.29) is 0 Å². The zero-order valence-corrected chi connectivity index (χ0v) is 13.8. The van der Waals surface area contributed by atoms with Crippen molar-refractivity contribution >= 4 is 15.9 Å². The highest BCUT2D eigenvalue weighted by molar-refractivity contribution is 9.09. The molecule has 2 rings (SSSR count). The van der Waals surface area contributed by atoms with Gasteiger partial charge in [-0.1, -0.05) is 67.8 Å². The Morgan fingerprint density at radius 2 is 1.67 bits per heavy atom. The molecule has 2 fully saturated rings. The van der Waals surface area contributed by atoms with Crippen LogP contribution in [0.25, 0.3) is 0 Å². The molecule has 0 heterocycles. The summed E-state index contributed by atoms with van der Waals surface area (Å²) in [6.07, 6.45) is 17.9. The van der Waals surface area contributed by atoms with Gasteiger partial charge in [0.2, 0.25) is 0 Å². The van der Waals surface area contributed by atoms with E-state index in [2.05, 4.69) is 22.9 Å². The third-order valence-electron chi connectivity index (χ3n) is 5.61. The summed E-state index contributed by atoms with van der Waals surface area (Å²) in [5, 5.41) is 1.26. The Morgan fingerprint density at radius 3 is 2.22 bits per heavy atom. The van der Waals surface area contributed by atoms with Crippen molar-refractivity contribution in [2.24, 2.45) is 17.3 Å². The largest absolute Gasteiger partial charge is 0.0922 e. The first-order valence-electron chi connectivity index (χ1n) is 8.34. The normalized spacial score (nSPS) is 34.0. The molecule has 18 heavy (non-hydrogen) atoms. The molecule has 0 unspecified atom stereocenters. The van der Waals surface area contributed by atoms with Crippen LogP contribution in [0.1, 0.15) is 84.0 Å². The van der Waals surface area contributed by atoms with Crippen molar-refractivity contribution in [2.75, 3.05) is 5.33 Å². The van der Waals surface area contributed by atoms with Crippen LogP contribution in [0.5, 0.6) is 0 Å². The standard InChI is InChI=1S/C17H31Br/c1-2-3-6-15-9-11-17(14-18,12-10-15)13-16-7-4-5-8-16/h15-16H,2-14H2,1H3. The van der Waals surface area contributed by atoms with E-state index in [4.69, 9.17) is 0 Å².